The van der Waals surface area contributed by atoms with Gasteiger partial charge in [0.05, 0.1) is 0 Å². The van der Waals surface area contributed by atoms with Crippen molar-refractivity contribution >= 4 is 5.71 Å². The normalized spacial score (nSPS) is 14.2. The van der Waals surface area contributed by atoms with E-state index in [-0.39, 0.29) is 0 Å². The lowest BCUT2D eigenvalue weighted by Gasteiger charge is -1.98. The van der Waals surface area contributed by atoms with Crippen molar-refractivity contribution in [3.63, 3.8) is 0 Å². The topological polar surface area (TPSA) is 21.6 Å². The van der Waals surface area contributed by atoms with Crippen LogP contribution < -0.4 is 0 Å². The zero-order valence-corrected chi connectivity index (χ0v) is 8.82. The van der Waals surface area contributed by atoms with Crippen molar-refractivity contribution < 1.29 is 4.84 Å². The molecular formula is C14H9NO. The standard InChI is InChI=1S/C14H9NO/c1-16-15-14-12-8-4-2-6-10(12)11-7-3-5-9-13(11)14/h2,4-6,8-9H,1H3/b15-14+. The molecule has 0 fully saturated rings. The smallest absolute Gasteiger partial charge is 0.119 e. The van der Waals surface area contributed by atoms with E-state index >= 15 is 0 Å². The van der Waals surface area contributed by atoms with Crippen molar-refractivity contribution in [1.29, 1.82) is 0 Å². The van der Waals surface area contributed by atoms with E-state index < -0.39 is 0 Å². The number of oxime groups is 1. The van der Waals surface area contributed by atoms with E-state index in [0.717, 1.165) is 28.0 Å². The molecule has 2 heteroatoms. The second kappa shape index (κ2) is 3.39. The number of benzene rings is 1. The predicted octanol–water partition coefficient (Wildman–Crippen LogP) is 2.67. The summed E-state index contributed by atoms with van der Waals surface area (Å²) < 4.78 is 0. The lowest BCUT2D eigenvalue weighted by molar-refractivity contribution is 0.214. The van der Waals surface area contributed by atoms with Crippen LogP contribution in [0.4, 0.5) is 0 Å². The molecule has 2 aromatic rings. The maximum absolute atomic E-state index is 4.90. The van der Waals surface area contributed by atoms with E-state index in [0.29, 0.717) is 0 Å². The SMILES string of the molecule is CO/N=C1/c2ccc#cc2-c2ccccc21. The minimum Gasteiger partial charge on any atom is -0.399 e. The summed E-state index contributed by atoms with van der Waals surface area (Å²) in [6.45, 7) is 0. The molecule has 16 heavy (non-hydrogen) atoms. The maximum Gasteiger partial charge on any atom is 0.119 e. The van der Waals surface area contributed by atoms with E-state index in [1.54, 1.807) is 7.11 Å². The monoisotopic (exact) mass is 207 g/mol. The first-order valence-corrected chi connectivity index (χ1v) is 5.05. The Hall–Kier alpha value is -2.27. The highest BCUT2D eigenvalue weighted by molar-refractivity contribution is 6.24. The summed E-state index contributed by atoms with van der Waals surface area (Å²) in [5.41, 5.74) is 5.22. The van der Waals surface area contributed by atoms with Crippen molar-refractivity contribution in [2.24, 2.45) is 5.16 Å². The first-order valence-electron chi connectivity index (χ1n) is 5.05. The molecule has 0 aromatic heterocycles. The number of rotatable bonds is 1. The average molecular weight is 207 g/mol. The van der Waals surface area contributed by atoms with E-state index in [1.165, 1.54) is 0 Å². The predicted molar refractivity (Wildman–Crippen MR) is 62.2 cm³/mol. The van der Waals surface area contributed by atoms with Crippen LogP contribution in [0.3, 0.4) is 0 Å². The highest BCUT2D eigenvalue weighted by Crippen LogP contribution is 2.35. The lowest BCUT2D eigenvalue weighted by atomic mass is 10.1. The van der Waals surface area contributed by atoms with Gasteiger partial charge in [-0.15, -0.1) is 0 Å². The van der Waals surface area contributed by atoms with Crippen molar-refractivity contribution in [1.82, 2.24) is 0 Å². The zero-order chi connectivity index (χ0) is 11.0. The Labute approximate surface area is 94.2 Å². The number of fused-ring (bicyclic) bond motifs is 3. The van der Waals surface area contributed by atoms with E-state index in [4.69, 9.17) is 4.84 Å². The van der Waals surface area contributed by atoms with Crippen LogP contribution >= 0.6 is 0 Å². The number of hydrogen-bond donors (Lipinski definition) is 0. The maximum atomic E-state index is 4.90. The summed E-state index contributed by atoms with van der Waals surface area (Å²) in [7, 11) is 1.56. The van der Waals surface area contributed by atoms with Gasteiger partial charge in [0.25, 0.3) is 0 Å². The Kier molecular flexibility index (Phi) is 1.91. The summed E-state index contributed by atoms with van der Waals surface area (Å²) in [6.07, 6.45) is 0. The molecule has 2 nitrogen and oxygen atoms in total. The minimum absolute atomic E-state index is 0.873. The largest absolute Gasteiger partial charge is 0.399 e. The first kappa shape index (κ1) is 8.99. The van der Waals surface area contributed by atoms with E-state index in [2.05, 4.69) is 23.4 Å². The van der Waals surface area contributed by atoms with E-state index in [9.17, 15) is 0 Å². The molecule has 0 heterocycles. The molecule has 0 saturated heterocycles. The van der Waals surface area contributed by atoms with Crippen LogP contribution in [0.15, 0.2) is 41.6 Å². The van der Waals surface area contributed by atoms with Crippen molar-refractivity contribution in [2.75, 3.05) is 7.11 Å². The minimum atomic E-state index is 0.873. The van der Waals surface area contributed by atoms with Gasteiger partial charge >= 0.3 is 0 Å². The third kappa shape index (κ3) is 1.12. The number of hydrogen-bond acceptors (Lipinski definition) is 2. The van der Waals surface area contributed by atoms with Crippen molar-refractivity contribution in [3.8, 4) is 11.1 Å². The molecule has 76 valence electrons. The van der Waals surface area contributed by atoms with Crippen LogP contribution in [0.25, 0.3) is 11.1 Å². The molecule has 0 atom stereocenters. The Bertz CT molecular complexity index is 525. The molecule has 0 unspecified atom stereocenters. The molecule has 3 rings (SSSR count). The molecule has 0 saturated carbocycles. The average Bonchev–Trinajstić information content (AvgIpc) is 2.66. The highest BCUT2D eigenvalue weighted by atomic mass is 16.6. The van der Waals surface area contributed by atoms with Gasteiger partial charge < -0.3 is 4.84 Å². The third-order valence-electron chi connectivity index (χ3n) is 2.69. The van der Waals surface area contributed by atoms with Crippen LogP contribution in [0, 0.1) is 12.1 Å². The fraction of sp³-hybridized carbons (Fsp3) is 0.0714. The van der Waals surface area contributed by atoms with Crippen LogP contribution in [-0.4, -0.2) is 12.8 Å². The summed E-state index contributed by atoms with van der Waals surface area (Å²) in [4.78, 5) is 4.90. The van der Waals surface area contributed by atoms with Gasteiger partial charge in [-0.25, -0.2) is 0 Å². The van der Waals surface area contributed by atoms with Crippen LogP contribution in [0.2, 0.25) is 0 Å². The highest BCUT2D eigenvalue weighted by Gasteiger charge is 2.24. The molecule has 0 spiro atoms. The fourth-order valence-corrected chi connectivity index (χ4v) is 2.04. The van der Waals surface area contributed by atoms with Gasteiger partial charge in [0.1, 0.15) is 12.8 Å². The molecule has 1 aliphatic carbocycles. The first-order chi connectivity index (χ1) is 7.92. The molecule has 1 aliphatic rings. The van der Waals surface area contributed by atoms with Gasteiger partial charge in [-0.1, -0.05) is 41.6 Å². The molecule has 0 N–H and O–H groups in total. The van der Waals surface area contributed by atoms with Crippen LogP contribution in [-0.2, 0) is 4.84 Å². The lowest BCUT2D eigenvalue weighted by Crippen LogP contribution is -1.98. The van der Waals surface area contributed by atoms with Gasteiger partial charge in [-0.3, -0.25) is 0 Å². The van der Waals surface area contributed by atoms with Gasteiger partial charge in [-0.2, -0.15) is 0 Å². The fourth-order valence-electron chi connectivity index (χ4n) is 2.04. The van der Waals surface area contributed by atoms with Gasteiger partial charge in [0.2, 0.25) is 0 Å². The summed E-state index contributed by atoms with van der Waals surface area (Å²) >= 11 is 0. The van der Waals surface area contributed by atoms with Crippen LogP contribution in [0.5, 0.6) is 0 Å². The van der Waals surface area contributed by atoms with Gasteiger partial charge in [0.15, 0.2) is 0 Å². The van der Waals surface area contributed by atoms with Crippen molar-refractivity contribution in [2.45, 2.75) is 0 Å². The number of nitrogens with zero attached hydrogens (tertiary/aromatic N) is 1. The summed E-state index contributed by atoms with van der Waals surface area (Å²) in [5.74, 6) is 0. The van der Waals surface area contributed by atoms with Crippen LogP contribution in [0.1, 0.15) is 11.1 Å². The molecule has 0 radical (unpaired) electrons. The third-order valence-corrected chi connectivity index (χ3v) is 2.69. The Balaban J connectivity index is 2.34. The van der Waals surface area contributed by atoms with E-state index in [1.807, 2.05) is 30.3 Å². The zero-order valence-electron chi connectivity index (χ0n) is 8.82. The Morgan fingerprint density at radius 2 is 1.88 bits per heavy atom. The van der Waals surface area contributed by atoms with Gasteiger partial charge in [-0.05, 0) is 12.1 Å². The molecule has 0 aliphatic heterocycles. The summed E-state index contributed by atoms with van der Waals surface area (Å²) in [5, 5.41) is 4.09. The molecular weight excluding hydrogens is 198 g/mol. The van der Waals surface area contributed by atoms with Crippen molar-refractivity contribution in [3.05, 3.63) is 59.7 Å². The molecule has 2 aromatic carbocycles. The Morgan fingerprint density at radius 3 is 2.69 bits per heavy atom. The quantitative estimate of drug-likeness (QED) is 0.562. The summed E-state index contributed by atoms with van der Waals surface area (Å²) in [6, 6.07) is 18.1. The van der Waals surface area contributed by atoms with Gasteiger partial charge in [0, 0.05) is 22.3 Å². The second-order valence-corrected chi connectivity index (χ2v) is 3.56. The molecule has 0 amide bonds. The molecule has 0 bridgehead atoms. The Morgan fingerprint density at radius 1 is 1.06 bits per heavy atom. The second-order valence-electron chi connectivity index (χ2n) is 3.56.